The van der Waals surface area contributed by atoms with Gasteiger partial charge in [0.15, 0.2) is 0 Å². The highest BCUT2D eigenvalue weighted by Crippen LogP contribution is 2.40. The monoisotopic (exact) mass is 344 g/mol. The number of aliphatic hydroxyl groups is 1. The van der Waals surface area contributed by atoms with Crippen LogP contribution in [0.25, 0.3) is 0 Å². The van der Waals surface area contributed by atoms with Gasteiger partial charge in [0.2, 0.25) is 5.91 Å². The zero-order valence-electron chi connectivity index (χ0n) is 14.0. The molecule has 0 bridgehead atoms. The molecule has 1 aliphatic heterocycles. The number of likely N-dealkylation sites (N-methyl/N-ethyl adjacent to an activating group) is 1. The van der Waals surface area contributed by atoms with Crippen molar-refractivity contribution in [2.75, 3.05) is 20.1 Å². The Kier molecular flexibility index (Phi) is 5.55. The molecule has 1 N–H and O–H groups in total. The molecule has 1 amide bonds. The SMILES string of the molecule is CC(C)N(C)CC(=O)N1C[C@H](O)C[C@@H]1c1ccccc1C(F)(F)F. The van der Waals surface area contributed by atoms with E-state index in [1.807, 2.05) is 18.7 Å². The quantitative estimate of drug-likeness (QED) is 0.913. The van der Waals surface area contributed by atoms with E-state index in [0.717, 1.165) is 6.07 Å². The minimum Gasteiger partial charge on any atom is -0.391 e. The molecule has 4 nitrogen and oxygen atoms in total. The molecule has 2 atom stereocenters. The fourth-order valence-electron chi connectivity index (χ4n) is 2.92. The van der Waals surface area contributed by atoms with E-state index >= 15 is 0 Å². The molecule has 1 aliphatic rings. The molecule has 1 heterocycles. The highest BCUT2D eigenvalue weighted by molar-refractivity contribution is 5.79. The van der Waals surface area contributed by atoms with Crippen LogP contribution >= 0.6 is 0 Å². The van der Waals surface area contributed by atoms with Gasteiger partial charge in [0.25, 0.3) is 0 Å². The van der Waals surface area contributed by atoms with Gasteiger partial charge in [-0.25, -0.2) is 0 Å². The largest absolute Gasteiger partial charge is 0.416 e. The van der Waals surface area contributed by atoms with Crippen molar-refractivity contribution < 1.29 is 23.1 Å². The van der Waals surface area contributed by atoms with Crippen LogP contribution in [0.15, 0.2) is 24.3 Å². The predicted octanol–water partition coefficient (Wildman–Crippen LogP) is 2.68. The lowest BCUT2D eigenvalue weighted by Crippen LogP contribution is -2.41. The number of amides is 1. The van der Waals surface area contributed by atoms with E-state index in [1.165, 1.54) is 23.1 Å². The summed E-state index contributed by atoms with van der Waals surface area (Å²) in [6, 6.07) is 4.64. The second-order valence-corrected chi connectivity index (χ2v) is 6.55. The molecule has 0 radical (unpaired) electrons. The first-order chi connectivity index (χ1) is 11.1. The molecule has 24 heavy (non-hydrogen) atoms. The molecule has 134 valence electrons. The van der Waals surface area contributed by atoms with Crippen LogP contribution in [-0.4, -0.2) is 53.1 Å². The van der Waals surface area contributed by atoms with Crippen molar-refractivity contribution in [3.05, 3.63) is 35.4 Å². The molecule has 0 saturated carbocycles. The number of hydrogen-bond donors (Lipinski definition) is 1. The first-order valence-electron chi connectivity index (χ1n) is 7.95. The van der Waals surface area contributed by atoms with Crippen molar-refractivity contribution in [3.63, 3.8) is 0 Å². The van der Waals surface area contributed by atoms with Gasteiger partial charge in [-0.2, -0.15) is 13.2 Å². The highest BCUT2D eigenvalue weighted by Gasteiger charge is 2.41. The highest BCUT2D eigenvalue weighted by atomic mass is 19.4. The van der Waals surface area contributed by atoms with E-state index in [1.54, 1.807) is 7.05 Å². The lowest BCUT2D eigenvalue weighted by atomic mass is 9.97. The summed E-state index contributed by atoms with van der Waals surface area (Å²) >= 11 is 0. The van der Waals surface area contributed by atoms with Crippen LogP contribution in [0.4, 0.5) is 13.2 Å². The molecule has 1 aromatic rings. The third kappa shape index (κ3) is 4.08. The Labute approximate surface area is 139 Å². The standard InChI is InChI=1S/C17H23F3N2O2/c1-11(2)21(3)10-16(24)22-9-12(23)8-15(22)13-6-4-5-7-14(13)17(18,19)20/h4-7,11-12,15,23H,8-10H2,1-3H3/t12-,15-/m1/s1. The molecule has 2 rings (SSSR count). The Bertz CT molecular complexity index is 589. The maximum atomic E-state index is 13.3. The molecule has 1 saturated heterocycles. The van der Waals surface area contributed by atoms with E-state index < -0.39 is 23.9 Å². The Morgan fingerprint density at radius 1 is 1.38 bits per heavy atom. The number of benzene rings is 1. The molecular formula is C17H23F3N2O2. The second kappa shape index (κ2) is 7.11. The van der Waals surface area contributed by atoms with Gasteiger partial charge in [0, 0.05) is 12.6 Å². The molecule has 1 aromatic carbocycles. The van der Waals surface area contributed by atoms with E-state index in [4.69, 9.17) is 0 Å². The number of nitrogens with zero attached hydrogens (tertiary/aromatic N) is 2. The third-order valence-electron chi connectivity index (χ3n) is 4.49. The topological polar surface area (TPSA) is 43.8 Å². The summed E-state index contributed by atoms with van der Waals surface area (Å²) in [4.78, 5) is 15.7. The summed E-state index contributed by atoms with van der Waals surface area (Å²) in [6.45, 7) is 4.03. The first-order valence-corrected chi connectivity index (χ1v) is 7.95. The fraction of sp³-hybridized carbons (Fsp3) is 0.588. The number of rotatable bonds is 4. The zero-order valence-corrected chi connectivity index (χ0v) is 14.0. The average molecular weight is 344 g/mol. The summed E-state index contributed by atoms with van der Waals surface area (Å²) in [5.74, 6) is -0.273. The van der Waals surface area contributed by atoms with E-state index in [9.17, 15) is 23.1 Å². The summed E-state index contributed by atoms with van der Waals surface area (Å²) in [5, 5.41) is 9.93. The Balaban J connectivity index is 2.30. The van der Waals surface area contributed by atoms with E-state index in [0.29, 0.717) is 0 Å². The number of carbonyl (C=O) groups is 1. The Morgan fingerprint density at radius 2 is 2.00 bits per heavy atom. The number of halogens is 3. The number of aliphatic hydroxyl groups excluding tert-OH is 1. The van der Waals surface area contributed by atoms with E-state index in [2.05, 4.69) is 0 Å². The van der Waals surface area contributed by atoms with Gasteiger partial charge in [0.1, 0.15) is 0 Å². The van der Waals surface area contributed by atoms with Crippen LogP contribution in [0.2, 0.25) is 0 Å². The van der Waals surface area contributed by atoms with Gasteiger partial charge in [0.05, 0.1) is 24.3 Å². The van der Waals surface area contributed by atoms with Crippen molar-refractivity contribution in [1.29, 1.82) is 0 Å². The summed E-state index contributed by atoms with van der Waals surface area (Å²) in [7, 11) is 1.79. The first kappa shape index (κ1) is 18.7. The predicted molar refractivity (Wildman–Crippen MR) is 84.3 cm³/mol. The van der Waals surface area contributed by atoms with Gasteiger partial charge < -0.3 is 10.0 Å². The van der Waals surface area contributed by atoms with Crippen molar-refractivity contribution in [2.24, 2.45) is 0 Å². The molecule has 0 aromatic heterocycles. The minimum absolute atomic E-state index is 0.0436. The number of alkyl halides is 3. The van der Waals surface area contributed by atoms with Gasteiger partial charge >= 0.3 is 6.18 Å². The van der Waals surface area contributed by atoms with Crippen molar-refractivity contribution in [3.8, 4) is 0 Å². The van der Waals surface area contributed by atoms with Crippen molar-refractivity contribution in [2.45, 2.75) is 44.6 Å². The van der Waals surface area contributed by atoms with Gasteiger partial charge in [-0.05, 0) is 38.9 Å². The van der Waals surface area contributed by atoms with Crippen LogP contribution in [0.5, 0.6) is 0 Å². The van der Waals surface area contributed by atoms with Gasteiger partial charge in [-0.3, -0.25) is 9.69 Å². The maximum Gasteiger partial charge on any atom is 0.416 e. The Hall–Kier alpha value is -1.60. The molecular weight excluding hydrogens is 321 g/mol. The minimum atomic E-state index is -4.49. The summed E-state index contributed by atoms with van der Waals surface area (Å²) < 4.78 is 39.8. The third-order valence-corrected chi connectivity index (χ3v) is 4.49. The summed E-state index contributed by atoms with van der Waals surface area (Å²) in [5.41, 5.74) is -0.707. The number of β-amino-alcohol motifs (C(OH)–C–C–N with tert-alkyl or cyclic N) is 1. The smallest absolute Gasteiger partial charge is 0.391 e. The van der Waals surface area contributed by atoms with Crippen LogP contribution in [0.3, 0.4) is 0 Å². The number of carbonyl (C=O) groups excluding carboxylic acids is 1. The van der Waals surface area contributed by atoms with Crippen LogP contribution in [0.1, 0.15) is 37.4 Å². The average Bonchev–Trinajstić information content (AvgIpc) is 2.88. The number of hydrogen-bond acceptors (Lipinski definition) is 3. The Morgan fingerprint density at radius 3 is 2.58 bits per heavy atom. The number of likely N-dealkylation sites (tertiary alicyclic amines) is 1. The van der Waals surface area contributed by atoms with Crippen molar-refractivity contribution >= 4 is 5.91 Å². The zero-order chi connectivity index (χ0) is 18.1. The lowest BCUT2D eigenvalue weighted by Gasteiger charge is -2.29. The summed E-state index contributed by atoms with van der Waals surface area (Å²) in [6.07, 6.45) is -5.19. The normalized spacial score (nSPS) is 21.8. The maximum absolute atomic E-state index is 13.3. The van der Waals surface area contributed by atoms with Crippen LogP contribution < -0.4 is 0 Å². The van der Waals surface area contributed by atoms with Gasteiger partial charge in [-0.1, -0.05) is 18.2 Å². The van der Waals surface area contributed by atoms with E-state index in [-0.39, 0.29) is 37.0 Å². The lowest BCUT2D eigenvalue weighted by molar-refractivity contribution is -0.140. The fourth-order valence-corrected chi connectivity index (χ4v) is 2.92. The van der Waals surface area contributed by atoms with Crippen LogP contribution in [-0.2, 0) is 11.0 Å². The van der Waals surface area contributed by atoms with Gasteiger partial charge in [-0.15, -0.1) is 0 Å². The molecule has 0 spiro atoms. The molecule has 7 heteroatoms. The second-order valence-electron chi connectivity index (χ2n) is 6.55. The molecule has 1 fully saturated rings. The molecule has 0 unspecified atom stereocenters. The van der Waals surface area contributed by atoms with Crippen LogP contribution in [0, 0.1) is 0 Å². The van der Waals surface area contributed by atoms with Crippen molar-refractivity contribution in [1.82, 2.24) is 9.80 Å². The molecule has 0 aliphatic carbocycles.